The third-order valence-corrected chi connectivity index (χ3v) is 5.23. The molecule has 0 aromatic carbocycles. The van der Waals surface area contributed by atoms with Crippen LogP contribution in [0.15, 0.2) is 0 Å². The average Bonchev–Trinajstić information content (AvgIpc) is 2.53. The van der Waals surface area contributed by atoms with Crippen LogP contribution in [0.25, 0.3) is 0 Å². The van der Waals surface area contributed by atoms with Crippen molar-refractivity contribution in [2.45, 2.75) is 57.8 Å². The SMILES string of the molecule is NCC1(C(=O)N2CCCC(CCC(=O)O)C2)CCCCC1. The van der Waals surface area contributed by atoms with Crippen LogP contribution in [0.2, 0.25) is 0 Å². The van der Waals surface area contributed by atoms with Gasteiger partial charge in [-0.3, -0.25) is 9.59 Å². The van der Waals surface area contributed by atoms with Gasteiger partial charge in [-0.1, -0.05) is 19.3 Å². The third-order valence-electron chi connectivity index (χ3n) is 5.23. The van der Waals surface area contributed by atoms with E-state index in [0.717, 1.165) is 45.1 Å². The van der Waals surface area contributed by atoms with Crippen LogP contribution in [0.5, 0.6) is 0 Å². The molecule has 0 bridgehead atoms. The number of carbonyl (C=O) groups excluding carboxylic acids is 1. The molecule has 1 atom stereocenters. The number of aliphatic carboxylic acids is 1. The van der Waals surface area contributed by atoms with Crippen molar-refractivity contribution in [1.82, 2.24) is 4.90 Å². The molecule has 1 aliphatic heterocycles. The summed E-state index contributed by atoms with van der Waals surface area (Å²) in [5.41, 5.74) is 5.61. The van der Waals surface area contributed by atoms with Gasteiger partial charge in [0.25, 0.3) is 0 Å². The van der Waals surface area contributed by atoms with Crippen molar-refractivity contribution in [1.29, 1.82) is 0 Å². The van der Waals surface area contributed by atoms with Gasteiger partial charge in [0.05, 0.1) is 5.41 Å². The first-order valence-electron chi connectivity index (χ1n) is 8.29. The van der Waals surface area contributed by atoms with Gasteiger partial charge in [0.2, 0.25) is 5.91 Å². The Kier molecular flexibility index (Phi) is 5.62. The molecule has 1 unspecified atom stereocenters. The minimum Gasteiger partial charge on any atom is -0.481 e. The topological polar surface area (TPSA) is 83.6 Å². The maximum Gasteiger partial charge on any atom is 0.303 e. The lowest BCUT2D eigenvalue weighted by Crippen LogP contribution is -2.52. The van der Waals surface area contributed by atoms with E-state index in [4.69, 9.17) is 10.8 Å². The Labute approximate surface area is 126 Å². The average molecular weight is 296 g/mol. The van der Waals surface area contributed by atoms with Gasteiger partial charge >= 0.3 is 5.97 Å². The van der Waals surface area contributed by atoms with Gasteiger partial charge in [0.15, 0.2) is 0 Å². The standard InChI is InChI=1S/C16H28N2O3/c17-12-16(8-2-1-3-9-16)15(21)18-10-4-5-13(11-18)6-7-14(19)20/h13H,1-12,17H2,(H,19,20). The van der Waals surface area contributed by atoms with Gasteiger partial charge in [0, 0.05) is 26.1 Å². The summed E-state index contributed by atoms with van der Waals surface area (Å²) in [5, 5.41) is 8.81. The van der Waals surface area contributed by atoms with E-state index >= 15 is 0 Å². The summed E-state index contributed by atoms with van der Waals surface area (Å²) < 4.78 is 0. The Morgan fingerprint density at radius 3 is 2.52 bits per heavy atom. The first kappa shape index (κ1) is 16.3. The number of carboxylic acid groups (broad SMARTS) is 1. The second-order valence-corrected chi connectivity index (χ2v) is 6.74. The number of likely N-dealkylation sites (tertiary alicyclic amines) is 1. The first-order chi connectivity index (χ1) is 10.1. The van der Waals surface area contributed by atoms with Crippen molar-refractivity contribution in [3.8, 4) is 0 Å². The Balaban J connectivity index is 1.95. The molecule has 0 radical (unpaired) electrons. The summed E-state index contributed by atoms with van der Waals surface area (Å²) in [6.07, 6.45) is 8.12. The number of amides is 1. The van der Waals surface area contributed by atoms with Crippen LogP contribution in [-0.2, 0) is 9.59 Å². The first-order valence-corrected chi connectivity index (χ1v) is 8.29. The van der Waals surface area contributed by atoms with Gasteiger partial charge in [0.1, 0.15) is 0 Å². The van der Waals surface area contributed by atoms with Gasteiger partial charge in [-0.05, 0) is 38.0 Å². The van der Waals surface area contributed by atoms with Crippen LogP contribution in [0.1, 0.15) is 57.8 Å². The van der Waals surface area contributed by atoms with E-state index in [1.807, 2.05) is 4.90 Å². The monoisotopic (exact) mass is 296 g/mol. The molecule has 1 aliphatic carbocycles. The molecule has 120 valence electrons. The summed E-state index contributed by atoms with van der Waals surface area (Å²) >= 11 is 0. The molecule has 2 rings (SSSR count). The summed E-state index contributed by atoms with van der Waals surface area (Å²) in [6.45, 7) is 1.97. The number of hydrogen-bond donors (Lipinski definition) is 2. The predicted molar refractivity (Wildman–Crippen MR) is 80.7 cm³/mol. The molecule has 0 aromatic heterocycles. The highest BCUT2D eigenvalue weighted by atomic mass is 16.4. The molecule has 1 heterocycles. The molecule has 0 spiro atoms. The largest absolute Gasteiger partial charge is 0.481 e. The highest BCUT2D eigenvalue weighted by molar-refractivity contribution is 5.83. The normalized spacial score (nSPS) is 25.6. The van der Waals surface area contributed by atoms with E-state index in [1.54, 1.807) is 0 Å². The number of rotatable bonds is 5. The second-order valence-electron chi connectivity index (χ2n) is 6.74. The van der Waals surface area contributed by atoms with Crippen LogP contribution >= 0.6 is 0 Å². The molecule has 21 heavy (non-hydrogen) atoms. The van der Waals surface area contributed by atoms with Crippen molar-refractivity contribution in [2.75, 3.05) is 19.6 Å². The minimum atomic E-state index is -0.746. The molecule has 2 fully saturated rings. The maximum atomic E-state index is 12.9. The van der Waals surface area contributed by atoms with E-state index in [2.05, 4.69) is 0 Å². The van der Waals surface area contributed by atoms with Crippen molar-refractivity contribution < 1.29 is 14.7 Å². The number of carboxylic acids is 1. The second kappa shape index (κ2) is 7.25. The zero-order valence-corrected chi connectivity index (χ0v) is 12.9. The van der Waals surface area contributed by atoms with Gasteiger partial charge in [-0.15, -0.1) is 0 Å². The number of piperidine rings is 1. The smallest absolute Gasteiger partial charge is 0.303 e. The Bertz CT molecular complexity index is 378. The molecule has 0 aromatic rings. The highest BCUT2D eigenvalue weighted by Gasteiger charge is 2.41. The van der Waals surface area contributed by atoms with Crippen molar-refractivity contribution >= 4 is 11.9 Å². The molecule has 1 saturated heterocycles. The van der Waals surface area contributed by atoms with Gasteiger partial charge in [-0.2, -0.15) is 0 Å². The lowest BCUT2D eigenvalue weighted by molar-refractivity contribution is -0.145. The molecular formula is C16H28N2O3. The minimum absolute atomic E-state index is 0.203. The quantitative estimate of drug-likeness (QED) is 0.812. The van der Waals surface area contributed by atoms with Crippen molar-refractivity contribution in [3.63, 3.8) is 0 Å². The number of nitrogens with zero attached hydrogens (tertiary/aromatic N) is 1. The lowest BCUT2D eigenvalue weighted by atomic mass is 9.72. The van der Waals surface area contributed by atoms with Crippen molar-refractivity contribution in [3.05, 3.63) is 0 Å². The Morgan fingerprint density at radius 1 is 1.19 bits per heavy atom. The zero-order chi connectivity index (χ0) is 15.3. The van der Waals surface area contributed by atoms with Crippen LogP contribution in [0.4, 0.5) is 0 Å². The van der Waals surface area contributed by atoms with E-state index in [0.29, 0.717) is 25.4 Å². The summed E-state index contributed by atoms with van der Waals surface area (Å²) in [5.74, 6) is -0.189. The Morgan fingerprint density at radius 2 is 1.90 bits per heavy atom. The number of carbonyl (C=O) groups is 2. The molecule has 2 aliphatic rings. The van der Waals surface area contributed by atoms with Gasteiger partial charge in [-0.25, -0.2) is 0 Å². The molecule has 5 heteroatoms. The fourth-order valence-corrected chi connectivity index (χ4v) is 3.88. The van der Waals surface area contributed by atoms with Crippen LogP contribution in [0, 0.1) is 11.3 Å². The molecule has 5 nitrogen and oxygen atoms in total. The Hall–Kier alpha value is -1.10. The van der Waals surface area contributed by atoms with Crippen LogP contribution in [-0.4, -0.2) is 41.5 Å². The van der Waals surface area contributed by atoms with E-state index < -0.39 is 5.97 Å². The van der Waals surface area contributed by atoms with E-state index in [9.17, 15) is 9.59 Å². The third kappa shape index (κ3) is 3.96. The van der Waals surface area contributed by atoms with E-state index in [-0.39, 0.29) is 17.7 Å². The molecule has 1 amide bonds. The van der Waals surface area contributed by atoms with Crippen LogP contribution < -0.4 is 5.73 Å². The summed E-state index contributed by atoms with van der Waals surface area (Å²) in [7, 11) is 0. The van der Waals surface area contributed by atoms with Gasteiger partial charge < -0.3 is 15.7 Å². The van der Waals surface area contributed by atoms with Crippen molar-refractivity contribution in [2.24, 2.45) is 17.1 Å². The summed E-state index contributed by atoms with van der Waals surface area (Å²) in [6, 6.07) is 0. The highest BCUT2D eigenvalue weighted by Crippen LogP contribution is 2.38. The summed E-state index contributed by atoms with van der Waals surface area (Å²) in [4.78, 5) is 25.6. The maximum absolute atomic E-state index is 12.9. The molecule has 1 saturated carbocycles. The molecular weight excluding hydrogens is 268 g/mol. The number of hydrogen-bond acceptors (Lipinski definition) is 3. The predicted octanol–water partition coefficient (Wildman–Crippen LogP) is 2.00. The fourth-order valence-electron chi connectivity index (χ4n) is 3.88. The molecule has 3 N–H and O–H groups in total. The lowest BCUT2D eigenvalue weighted by Gasteiger charge is -2.42. The number of nitrogens with two attached hydrogens (primary N) is 1. The zero-order valence-electron chi connectivity index (χ0n) is 12.9. The van der Waals surface area contributed by atoms with Crippen LogP contribution in [0.3, 0.4) is 0 Å². The fraction of sp³-hybridized carbons (Fsp3) is 0.875. The van der Waals surface area contributed by atoms with E-state index in [1.165, 1.54) is 6.42 Å².